The monoisotopic (exact) mass is 453 g/mol. The van der Waals surface area contributed by atoms with Crippen molar-refractivity contribution in [2.75, 3.05) is 0 Å². The lowest BCUT2D eigenvalue weighted by Gasteiger charge is -2.30. The van der Waals surface area contributed by atoms with E-state index >= 15 is 0 Å². The fourth-order valence-electron chi connectivity index (χ4n) is 5.10. The summed E-state index contributed by atoms with van der Waals surface area (Å²) in [5, 5.41) is 10.7. The molecule has 1 heterocycles. The highest BCUT2D eigenvalue weighted by molar-refractivity contribution is 9.10. The third-order valence-electron chi connectivity index (χ3n) is 6.44. The van der Waals surface area contributed by atoms with E-state index in [1.807, 2.05) is 12.1 Å². The number of rotatable bonds is 1. The first-order valence-electron chi connectivity index (χ1n) is 10.4. The molecule has 0 unspecified atom stereocenters. The molecule has 2 aliphatic rings. The van der Waals surface area contributed by atoms with Gasteiger partial charge in [0, 0.05) is 26.9 Å². The van der Waals surface area contributed by atoms with Crippen LogP contribution in [-0.4, -0.2) is 10.1 Å². The Morgan fingerprint density at radius 3 is 2.13 bits per heavy atom. The Bertz CT molecular complexity index is 1320. The van der Waals surface area contributed by atoms with Crippen LogP contribution in [0.15, 0.2) is 71.2 Å². The molecule has 0 saturated carbocycles. The highest BCUT2D eigenvalue weighted by atomic mass is 79.9. The molecule has 4 aromatic rings. The minimum absolute atomic E-state index is 0.270. The van der Waals surface area contributed by atoms with Crippen LogP contribution >= 0.6 is 15.9 Å². The van der Waals surface area contributed by atoms with E-state index in [9.17, 15) is 5.11 Å². The Morgan fingerprint density at radius 1 is 0.700 bits per heavy atom. The van der Waals surface area contributed by atoms with E-state index < -0.39 is 0 Å². The summed E-state index contributed by atoms with van der Waals surface area (Å²) in [6.45, 7) is 0. The van der Waals surface area contributed by atoms with E-state index in [1.165, 1.54) is 38.9 Å². The van der Waals surface area contributed by atoms with Crippen LogP contribution in [0.3, 0.4) is 0 Å². The molecule has 0 radical (unpaired) electrons. The Hall–Kier alpha value is -2.91. The largest absolute Gasteiger partial charge is 0.507 e. The van der Waals surface area contributed by atoms with Crippen molar-refractivity contribution < 1.29 is 5.11 Å². The lowest BCUT2D eigenvalue weighted by atomic mass is 9.76. The zero-order chi connectivity index (χ0) is 20.2. The summed E-state index contributed by atoms with van der Waals surface area (Å²) in [5.41, 5.74) is 12.0. The Balaban J connectivity index is 1.74. The van der Waals surface area contributed by atoms with Gasteiger partial charge in [-0.05, 0) is 71.7 Å². The number of hydrogen-bond acceptors (Lipinski definition) is 2. The van der Waals surface area contributed by atoms with Crippen LogP contribution in [0, 0.1) is 0 Å². The summed E-state index contributed by atoms with van der Waals surface area (Å²) in [6.07, 6.45) is 3.97. The average molecular weight is 454 g/mol. The van der Waals surface area contributed by atoms with Crippen molar-refractivity contribution in [2.45, 2.75) is 25.7 Å². The first-order valence-corrected chi connectivity index (χ1v) is 11.2. The maximum Gasteiger partial charge on any atom is 0.125 e. The molecule has 0 fully saturated rings. The molecule has 146 valence electrons. The first-order chi connectivity index (χ1) is 14.7. The van der Waals surface area contributed by atoms with Crippen molar-refractivity contribution in [1.29, 1.82) is 0 Å². The fourth-order valence-corrected chi connectivity index (χ4v) is 5.46. The number of benzene rings is 3. The van der Waals surface area contributed by atoms with Crippen LogP contribution in [0.25, 0.3) is 33.5 Å². The summed E-state index contributed by atoms with van der Waals surface area (Å²) >= 11 is 3.58. The number of phenolic OH excluding ortho intramolecular Hbond substituents is 1. The van der Waals surface area contributed by atoms with Gasteiger partial charge in [-0.1, -0.05) is 64.5 Å². The van der Waals surface area contributed by atoms with Gasteiger partial charge in [-0.25, -0.2) is 0 Å². The Morgan fingerprint density at radius 2 is 1.37 bits per heavy atom. The molecule has 3 heteroatoms. The van der Waals surface area contributed by atoms with Crippen molar-refractivity contribution in [3.05, 3.63) is 93.6 Å². The quantitative estimate of drug-likeness (QED) is 0.345. The molecule has 0 spiro atoms. The molecule has 2 nitrogen and oxygen atoms in total. The zero-order valence-corrected chi connectivity index (χ0v) is 18.0. The molecule has 0 atom stereocenters. The van der Waals surface area contributed by atoms with Crippen LogP contribution in [0.1, 0.15) is 22.4 Å². The van der Waals surface area contributed by atoms with Gasteiger partial charge in [-0.15, -0.1) is 0 Å². The van der Waals surface area contributed by atoms with Crippen LogP contribution in [-0.2, 0) is 25.7 Å². The van der Waals surface area contributed by atoms with E-state index in [4.69, 9.17) is 4.98 Å². The third-order valence-corrected chi connectivity index (χ3v) is 6.93. The number of hydrogen-bond donors (Lipinski definition) is 1. The van der Waals surface area contributed by atoms with Gasteiger partial charge in [0.15, 0.2) is 0 Å². The number of aromatic nitrogens is 1. The average Bonchev–Trinajstić information content (AvgIpc) is 2.79. The van der Waals surface area contributed by atoms with Crippen LogP contribution in [0.2, 0.25) is 0 Å². The molecule has 1 aromatic heterocycles. The number of halogens is 1. The molecule has 2 aliphatic carbocycles. The Labute approximate surface area is 184 Å². The fraction of sp³-hybridized carbons (Fsp3) is 0.148. The topological polar surface area (TPSA) is 33.1 Å². The molecule has 0 bridgehead atoms. The number of aryl methyl sites for hydroxylation is 3. The predicted octanol–water partition coefficient (Wildman–Crippen LogP) is 6.75. The SMILES string of the molecule is Oc1ccc(Br)cc1-c1nc2c(c3c1-c1ccccc1CC3)-c1ccccc1CC2. The van der Waals surface area contributed by atoms with E-state index in [0.29, 0.717) is 0 Å². The maximum atomic E-state index is 10.7. The molecule has 1 N–H and O–H groups in total. The van der Waals surface area contributed by atoms with E-state index in [-0.39, 0.29) is 5.75 Å². The van der Waals surface area contributed by atoms with Crippen molar-refractivity contribution in [3.8, 4) is 39.3 Å². The predicted molar refractivity (Wildman–Crippen MR) is 125 cm³/mol. The highest BCUT2D eigenvalue weighted by Gasteiger charge is 2.30. The van der Waals surface area contributed by atoms with Gasteiger partial charge in [-0.2, -0.15) is 0 Å². The van der Waals surface area contributed by atoms with Crippen molar-refractivity contribution in [1.82, 2.24) is 4.98 Å². The summed E-state index contributed by atoms with van der Waals surface area (Å²) in [4.78, 5) is 5.22. The van der Waals surface area contributed by atoms with Crippen molar-refractivity contribution in [3.63, 3.8) is 0 Å². The Kier molecular flexibility index (Phi) is 4.07. The molecule has 0 aliphatic heterocycles. The van der Waals surface area contributed by atoms with Gasteiger partial charge in [0.25, 0.3) is 0 Å². The van der Waals surface area contributed by atoms with Crippen LogP contribution in [0.4, 0.5) is 0 Å². The van der Waals surface area contributed by atoms with Gasteiger partial charge < -0.3 is 5.11 Å². The second-order valence-electron chi connectivity index (χ2n) is 8.11. The van der Waals surface area contributed by atoms with E-state index in [0.717, 1.165) is 47.1 Å². The zero-order valence-electron chi connectivity index (χ0n) is 16.5. The van der Waals surface area contributed by atoms with Gasteiger partial charge in [0.1, 0.15) is 5.75 Å². The minimum Gasteiger partial charge on any atom is -0.507 e. The number of fused-ring (bicyclic) bond motifs is 7. The molecule has 0 amide bonds. The second kappa shape index (κ2) is 6.82. The molecule has 3 aromatic carbocycles. The van der Waals surface area contributed by atoms with Crippen LogP contribution < -0.4 is 0 Å². The normalized spacial score (nSPS) is 13.8. The molecular formula is C27H20BrNO. The van der Waals surface area contributed by atoms with Gasteiger partial charge >= 0.3 is 0 Å². The summed E-state index contributed by atoms with van der Waals surface area (Å²) in [7, 11) is 0. The lowest BCUT2D eigenvalue weighted by Crippen LogP contribution is -2.15. The third kappa shape index (κ3) is 2.65. The summed E-state index contributed by atoms with van der Waals surface area (Å²) in [5.74, 6) is 0.270. The standard InChI is InChI=1S/C27H20BrNO/c28-18-11-14-24(30)22(15-18)27-26-20-8-4-2-5-16(20)9-12-21(26)25-19-7-3-1-6-17(19)10-13-23(25)29-27/h1-8,11,14-15,30H,9-10,12-13H2. The molecule has 30 heavy (non-hydrogen) atoms. The molecule has 6 rings (SSSR count). The van der Waals surface area contributed by atoms with Crippen molar-refractivity contribution >= 4 is 15.9 Å². The number of nitrogens with zero attached hydrogens (tertiary/aromatic N) is 1. The highest BCUT2D eigenvalue weighted by Crippen LogP contribution is 2.48. The van der Waals surface area contributed by atoms with Gasteiger partial charge in [0.2, 0.25) is 0 Å². The maximum absolute atomic E-state index is 10.7. The number of aromatic hydroxyl groups is 1. The molecular weight excluding hydrogens is 434 g/mol. The van der Waals surface area contributed by atoms with Gasteiger partial charge in [0.05, 0.1) is 5.69 Å². The second-order valence-corrected chi connectivity index (χ2v) is 9.03. The van der Waals surface area contributed by atoms with Gasteiger partial charge in [-0.3, -0.25) is 4.98 Å². The lowest BCUT2D eigenvalue weighted by molar-refractivity contribution is 0.477. The summed E-state index contributed by atoms with van der Waals surface area (Å²) in [6, 6.07) is 23.0. The minimum atomic E-state index is 0.270. The number of pyridine rings is 1. The van der Waals surface area contributed by atoms with E-state index in [2.05, 4.69) is 64.5 Å². The smallest absolute Gasteiger partial charge is 0.125 e. The van der Waals surface area contributed by atoms with E-state index in [1.54, 1.807) is 6.07 Å². The van der Waals surface area contributed by atoms with Crippen molar-refractivity contribution in [2.24, 2.45) is 0 Å². The first kappa shape index (κ1) is 17.9. The molecule has 0 saturated heterocycles. The van der Waals surface area contributed by atoms with Crippen LogP contribution in [0.5, 0.6) is 5.75 Å². The summed E-state index contributed by atoms with van der Waals surface area (Å²) < 4.78 is 0.943. The number of phenols is 1.